The Balaban J connectivity index is 1.22. The van der Waals surface area contributed by atoms with Gasteiger partial charge in [0.25, 0.3) is 0 Å². The molecule has 0 aliphatic heterocycles. The zero-order valence-corrected chi connectivity index (χ0v) is 20.7. The molecule has 0 radical (unpaired) electrons. The smallest absolute Gasteiger partial charge is 0.236 e. The maximum atomic E-state index is 13.2. The summed E-state index contributed by atoms with van der Waals surface area (Å²) in [5.41, 5.74) is 4.44. The number of aryl methyl sites for hydroxylation is 2. The van der Waals surface area contributed by atoms with Crippen LogP contribution in [0, 0.1) is 19.7 Å². The van der Waals surface area contributed by atoms with E-state index in [4.69, 9.17) is 0 Å². The van der Waals surface area contributed by atoms with Crippen LogP contribution >= 0.6 is 34.4 Å². The molecule has 0 aliphatic carbocycles. The third kappa shape index (κ3) is 4.98. The fourth-order valence-corrected chi connectivity index (χ4v) is 5.88. The largest absolute Gasteiger partial charge is 0.301 e. The van der Waals surface area contributed by atoms with Gasteiger partial charge in [-0.05, 0) is 67.9 Å². The molecule has 0 aliphatic rings. The first kappa shape index (κ1) is 22.6. The van der Waals surface area contributed by atoms with Gasteiger partial charge in [0.05, 0.1) is 26.5 Å². The maximum absolute atomic E-state index is 13.2. The molecule has 0 atom stereocenters. The zero-order chi connectivity index (χ0) is 23.7. The number of nitrogens with one attached hydrogen (secondary N) is 1. The molecule has 6 nitrogen and oxygen atoms in total. The summed E-state index contributed by atoms with van der Waals surface area (Å²) in [5, 5.41) is 13.5. The van der Waals surface area contributed by atoms with Crippen molar-refractivity contribution in [3.8, 4) is 21.1 Å². The van der Waals surface area contributed by atoms with Gasteiger partial charge < -0.3 is 5.32 Å². The quantitative estimate of drug-likeness (QED) is 0.269. The molecule has 34 heavy (non-hydrogen) atoms. The van der Waals surface area contributed by atoms with Crippen LogP contribution in [0.25, 0.3) is 31.4 Å². The van der Waals surface area contributed by atoms with Gasteiger partial charge in [-0.15, -0.1) is 21.5 Å². The molecule has 0 saturated heterocycles. The highest BCUT2D eigenvalue weighted by Crippen LogP contribution is 2.34. The van der Waals surface area contributed by atoms with Crippen molar-refractivity contribution in [2.75, 3.05) is 11.1 Å². The number of anilines is 1. The number of fused-ring (bicyclic) bond motifs is 1. The highest BCUT2D eigenvalue weighted by Gasteiger charge is 2.14. The minimum atomic E-state index is -0.278. The van der Waals surface area contributed by atoms with Gasteiger partial charge >= 0.3 is 0 Å². The van der Waals surface area contributed by atoms with Crippen LogP contribution in [0.5, 0.6) is 0 Å². The number of nitrogens with zero attached hydrogens (tertiary/aromatic N) is 4. The van der Waals surface area contributed by atoms with E-state index in [2.05, 4.69) is 31.5 Å². The molecule has 0 unspecified atom stereocenters. The lowest BCUT2D eigenvalue weighted by Gasteiger charge is -2.02. The summed E-state index contributed by atoms with van der Waals surface area (Å²) in [7, 11) is 0. The van der Waals surface area contributed by atoms with Gasteiger partial charge in [0.2, 0.25) is 5.91 Å². The number of carbonyl (C=O) groups is 1. The fraction of sp³-hybridized carbons (Fsp3) is 0.125. The summed E-state index contributed by atoms with van der Waals surface area (Å²) in [5.74, 6) is -0.217. The average Bonchev–Trinajstić information content (AvgIpc) is 3.41. The standard InChI is InChI=1S/C24H18FN5OS3/c1-13-3-8-17-19(11-13)33-24(27-17)28-20(31)12-32-21-10-9-18(29-30-21)22-14(2)26-23(34-22)15-4-6-16(25)7-5-15/h3-11H,12H2,1-2H3,(H,27,28,31). The van der Waals surface area contributed by atoms with Gasteiger partial charge in [-0.2, -0.15) is 0 Å². The number of thiazole rings is 2. The van der Waals surface area contributed by atoms with Gasteiger partial charge in [0.1, 0.15) is 21.5 Å². The summed E-state index contributed by atoms with van der Waals surface area (Å²) in [4.78, 5) is 22.3. The highest BCUT2D eigenvalue weighted by atomic mass is 32.2. The summed E-state index contributed by atoms with van der Waals surface area (Å²) in [6.45, 7) is 3.94. The van der Waals surface area contributed by atoms with E-state index >= 15 is 0 Å². The third-order valence-electron chi connectivity index (χ3n) is 4.90. The number of hydrogen-bond donors (Lipinski definition) is 1. The molecule has 3 aromatic heterocycles. The molecule has 0 fully saturated rings. The van der Waals surface area contributed by atoms with Gasteiger partial charge in [0, 0.05) is 5.56 Å². The number of hydrogen-bond acceptors (Lipinski definition) is 8. The first-order valence-electron chi connectivity index (χ1n) is 10.3. The minimum Gasteiger partial charge on any atom is -0.301 e. The van der Waals surface area contributed by atoms with Gasteiger partial charge in [-0.25, -0.2) is 14.4 Å². The van der Waals surface area contributed by atoms with Crippen LogP contribution in [0.1, 0.15) is 11.3 Å². The monoisotopic (exact) mass is 507 g/mol. The van der Waals surface area contributed by atoms with Gasteiger partial charge in [-0.1, -0.05) is 29.2 Å². The molecule has 0 spiro atoms. The second-order valence-electron chi connectivity index (χ2n) is 7.52. The summed E-state index contributed by atoms with van der Waals surface area (Å²) in [6, 6.07) is 16.0. The molecule has 170 valence electrons. The Labute approximate surface area is 207 Å². The second kappa shape index (κ2) is 9.57. The third-order valence-corrected chi connectivity index (χ3v) is 7.98. The zero-order valence-electron chi connectivity index (χ0n) is 18.2. The van der Waals surface area contributed by atoms with Crippen molar-refractivity contribution in [1.29, 1.82) is 0 Å². The molecule has 2 aromatic carbocycles. The van der Waals surface area contributed by atoms with Crippen LogP contribution in [-0.4, -0.2) is 31.8 Å². The van der Waals surface area contributed by atoms with E-state index in [0.29, 0.717) is 15.9 Å². The number of thioether (sulfide) groups is 1. The van der Waals surface area contributed by atoms with E-state index in [1.54, 1.807) is 12.1 Å². The van der Waals surface area contributed by atoms with E-state index in [1.807, 2.05) is 38.1 Å². The number of halogens is 1. The molecule has 3 heterocycles. The Kier molecular flexibility index (Phi) is 6.36. The molecular formula is C24H18FN5OS3. The van der Waals surface area contributed by atoms with Crippen LogP contribution in [0.4, 0.5) is 9.52 Å². The van der Waals surface area contributed by atoms with Crippen LogP contribution in [0.15, 0.2) is 59.6 Å². The summed E-state index contributed by atoms with van der Waals surface area (Å²) in [6.07, 6.45) is 0. The molecule has 0 bridgehead atoms. The lowest BCUT2D eigenvalue weighted by Crippen LogP contribution is -2.13. The molecule has 1 amide bonds. The SMILES string of the molecule is Cc1ccc2nc(NC(=O)CSc3ccc(-c4sc(-c5ccc(F)cc5)nc4C)nn3)sc2c1. The number of carbonyl (C=O) groups excluding carboxylic acids is 1. The average molecular weight is 508 g/mol. The Morgan fingerprint density at radius 2 is 1.82 bits per heavy atom. The van der Waals surface area contributed by atoms with E-state index in [9.17, 15) is 9.18 Å². The molecular weight excluding hydrogens is 489 g/mol. The van der Waals surface area contributed by atoms with Crippen molar-refractivity contribution in [3.05, 3.63) is 71.7 Å². The van der Waals surface area contributed by atoms with Crippen LogP contribution in [-0.2, 0) is 4.79 Å². The van der Waals surface area contributed by atoms with E-state index in [0.717, 1.165) is 36.9 Å². The maximum Gasteiger partial charge on any atom is 0.236 e. The first-order chi connectivity index (χ1) is 16.4. The van der Waals surface area contributed by atoms with E-state index in [-0.39, 0.29) is 17.5 Å². The van der Waals surface area contributed by atoms with Crippen LogP contribution in [0.3, 0.4) is 0 Å². The molecule has 10 heteroatoms. The first-order valence-corrected chi connectivity index (χ1v) is 12.9. The highest BCUT2D eigenvalue weighted by molar-refractivity contribution is 7.99. The van der Waals surface area contributed by atoms with Gasteiger partial charge in [-0.3, -0.25) is 4.79 Å². The van der Waals surface area contributed by atoms with Crippen molar-refractivity contribution in [1.82, 2.24) is 20.2 Å². The number of benzene rings is 2. The molecule has 0 saturated carbocycles. The number of rotatable bonds is 6. The molecule has 1 N–H and O–H groups in total. The van der Waals surface area contributed by atoms with Crippen molar-refractivity contribution in [2.45, 2.75) is 18.9 Å². The minimum absolute atomic E-state index is 0.145. The summed E-state index contributed by atoms with van der Waals surface area (Å²) < 4.78 is 14.3. The summed E-state index contributed by atoms with van der Waals surface area (Å²) >= 11 is 4.26. The van der Waals surface area contributed by atoms with Crippen molar-refractivity contribution >= 4 is 55.7 Å². The number of aromatic nitrogens is 4. The van der Waals surface area contributed by atoms with E-state index < -0.39 is 0 Å². The van der Waals surface area contributed by atoms with E-state index in [1.165, 1.54) is 46.6 Å². The van der Waals surface area contributed by atoms with Crippen LogP contribution < -0.4 is 5.32 Å². The van der Waals surface area contributed by atoms with Crippen molar-refractivity contribution < 1.29 is 9.18 Å². The lowest BCUT2D eigenvalue weighted by atomic mass is 10.2. The molecule has 5 rings (SSSR count). The Morgan fingerprint density at radius 3 is 2.59 bits per heavy atom. The van der Waals surface area contributed by atoms with Gasteiger partial charge in [0.15, 0.2) is 5.13 Å². The van der Waals surface area contributed by atoms with Crippen molar-refractivity contribution in [3.63, 3.8) is 0 Å². The number of amides is 1. The van der Waals surface area contributed by atoms with Crippen LogP contribution in [0.2, 0.25) is 0 Å². The lowest BCUT2D eigenvalue weighted by molar-refractivity contribution is -0.113. The Bertz CT molecular complexity index is 1480. The fourth-order valence-electron chi connectivity index (χ4n) is 3.25. The Morgan fingerprint density at radius 1 is 1.00 bits per heavy atom. The topological polar surface area (TPSA) is 80.7 Å². The molecule has 5 aromatic rings. The van der Waals surface area contributed by atoms with Crippen molar-refractivity contribution in [2.24, 2.45) is 0 Å². The second-order valence-corrected chi connectivity index (χ2v) is 10.5. The predicted octanol–water partition coefficient (Wildman–Crippen LogP) is 6.36. The Hall–Kier alpha value is -3.21. The normalized spacial score (nSPS) is 11.1. The predicted molar refractivity (Wildman–Crippen MR) is 137 cm³/mol.